The number of halogens is 4. The molecule has 0 aromatic heterocycles. The molecule has 4 atom stereocenters. The van der Waals surface area contributed by atoms with Gasteiger partial charge in [0, 0.05) is 5.39 Å². The van der Waals surface area contributed by atoms with Gasteiger partial charge in [-0.25, -0.2) is 4.39 Å². The topological polar surface area (TPSA) is 9.23 Å². The molecule has 0 N–H and O–H groups in total. The zero-order valence-corrected chi connectivity index (χ0v) is 19.6. The fraction of sp³-hybridized carbons (Fsp3) is 0.643. The highest BCUT2D eigenvalue weighted by atomic mass is 19.4. The Hall–Kier alpha value is -1.78. The molecule has 4 unspecified atom stereocenters. The summed E-state index contributed by atoms with van der Waals surface area (Å²) in [6.45, 7) is 2.26. The Labute approximate surface area is 194 Å². The molecule has 4 rings (SSSR count). The van der Waals surface area contributed by atoms with Gasteiger partial charge in [0.05, 0.1) is 0 Å². The molecule has 0 bridgehead atoms. The Morgan fingerprint density at radius 3 is 2.42 bits per heavy atom. The predicted octanol–water partition coefficient (Wildman–Crippen LogP) is 9.54. The van der Waals surface area contributed by atoms with E-state index in [9.17, 15) is 17.6 Å². The minimum absolute atomic E-state index is 0.175. The van der Waals surface area contributed by atoms with Crippen molar-refractivity contribution < 1.29 is 22.3 Å². The number of unbranched alkanes of at least 4 members (excludes halogenated alkanes) is 4. The van der Waals surface area contributed by atoms with E-state index in [1.165, 1.54) is 82.4 Å². The third-order valence-electron chi connectivity index (χ3n) is 8.04. The molecule has 5 heteroatoms. The summed E-state index contributed by atoms with van der Waals surface area (Å²) in [5.74, 6) is 1.90. The maximum Gasteiger partial charge on any atom is 0.573 e. The Morgan fingerprint density at radius 2 is 1.64 bits per heavy atom. The van der Waals surface area contributed by atoms with E-state index in [1.54, 1.807) is 0 Å². The SMILES string of the molecule is CCCCCCCC1CCC2CC(c3cc(F)c4cc(OC(F)(F)F)ccc4c3)CCC2C1. The van der Waals surface area contributed by atoms with Crippen molar-refractivity contribution in [3.8, 4) is 5.75 Å². The number of fused-ring (bicyclic) bond motifs is 2. The first kappa shape index (κ1) is 24.3. The quantitative estimate of drug-likeness (QED) is 0.279. The molecule has 0 aliphatic heterocycles. The van der Waals surface area contributed by atoms with Gasteiger partial charge >= 0.3 is 6.36 Å². The van der Waals surface area contributed by atoms with E-state index >= 15 is 0 Å². The molecule has 0 amide bonds. The molecule has 2 aromatic rings. The molecule has 0 radical (unpaired) electrons. The minimum atomic E-state index is -4.78. The number of rotatable bonds is 8. The van der Waals surface area contributed by atoms with Crippen LogP contribution in [-0.2, 0) is 0 Å². The highest BCUT2D eigenvalue weighted by molar-refractivity contribution is 5.85. The second-order valence-electron chi connectivity index (χ2n) is 10.3. The van der Waals surface area contributed by atoms with E-state index in [2.05, 4.69) is 11.7 Å². The molecule has 0 saturated heterocycles. The van der Waals surface area contributed by atoms with Crippen LogP contribution in [0.15, 0.2) is 30.3 Å². The van der Waals surface area contributed by atoms with Crippen LogP contribution in [0.4, 0.5) is 17.6 Å². The summed E-state index contributed by atoms with van der Waals surface area (Å²) < 4.78 is 56.3. The lowest BCUT2D eigenvalue weighted by atomic mass is 9.63. The standard InChI is InChI=1S/C28H36F4O/c1-2-3-4-5-6-7-19-8-9-21-15-22(11-10-20(21)14-19)24-16-23-12-13-25(33-28(30,31)32)18-26(23)27(29)17-24/h12-13,16-22H,2-11,14-15H2,1H3. The molecule has 2 fully saturated rings. The van der Waals surface area contributed by atoms with E-state index in [0.717, 1.165) is 42.2 Å². The molecule has 2 aromatic carbocycles. The average Bonchev–Trinajstić information content (AvgIpc) is 2.78. The summed E-state index contributed by atoms with van der Waals surface area (Å²) in [6.07, 6.45) is 10.7. The van der Waals surface area contributed by atoms with Crippen LogP contribution in [0.5, 0.6) is 5.75 Å². The fourth-order valence-corrected chi connectivity index (χ4v) is 6.33. The van der Waals surface area contributed by atoms with Crippen LogP contribution in [0.2, 0.25) is 0 Å². The smallest absolute Gasteiger partial charge is 0.406 e. The van der Waals surface area contributed by atoms with Gasteiger partial charge in [0.2, 0.25) is 0 Å². The van der Waals surface area contributed by atoms with Crippen LogP contribution < -0.4 is 4.74 Å². The average molecular weight is 465 g/mol. The molecular weight excluding hydrogens is 428 g/mol. The first-order valence-electron chi connectivity index (χ1n) is 12.8. The van der Waals surface area contributed by atoms with Crippen molar-refractivity contribution in [3.63, 3.8) is 0 Å². The van der Waals surface area contributed by atoms with Gasteiger partial charge in [-0.05, 0) is 84.9 Å². The van der Waals surface area contributed by atoms with Gasteiger partial charge in [-0.15, -0.1) is 13.2 Å². The Morgan fingerprint density at radius 1 is 0.879 bits per heavy atom. The second-order valence-corrected chi connectivity index (χ2v) is 10.3. The molecule has 2 saturated carbocycles. The molecule has 0 spiro atoms. The summed E-state index contributed by atoms with van der Waals surface area (Å²) in [7, 11) is 0. The van der Waals surface area contributed by atoms with Crippen molar-refractivity contribution >= 4 is 10.8 Å². The number of alkyl halides is 3. The van der Waals surface area contributed by atoms with Gasteiger partial charge < -0.3 is 4.74 Å². The molecule has 2 aliphatic rings. The number of hydrogen-bond donors (Lipinski definition) is 0. The van der Waals surface area contributed by atoms with Gasteiger partial charge in [-0.2, -0.15) is 0 Å². The van der Waals surface area contributed by atoms with Crippen molar-refractivity contribution in [1.29, 1.82) is 0 Å². The van der Waals surface area contributed by atoms with Crippen LogP contribution in [0, 0.1) is 23.6 Å². The molecular formula is C28H36F4O. The Kier molecular flexibility index (Phi) is 7.86. The van der Waals surface area contributed by atoms with Crippen LogP contribution in [0.3, 0.4) is 0 Å². The van der Waals surface area contributed by atoms with Gasteiger partial charge in [0.25, 0.3) is 0 Å². The fourth-order valence-electron chi connectivity index (χ4n) is 6.33. The summed E-state index contributed by atoms with van der Waals surface area (Å²) in [6, 6.07) is 7.43. The normalized spacial score (nSPS) is 25.7. The third-order valence-corrected chi connectivity index (χ3v) is 8.04. The maximum absolute atomic E-state index is 14.9. The van der Waals surface area contributed by atoms with E-state index in [0.29, 0.717) is 11.3 Å². The first-order chi connectivity index (χ1) is 15.8. The number of ether oxygens (including phenoxy) is 1. The van der Waals surface area contributed by atoms with Gasteiger partial charge in [-0.1, -0.05) is 64.0 Å². The summed E-state index contributed by atoms with van der Waals surface area (Å²) in [4.78, 5) is 0. The predicted molar refractivity (Wildman–Crippen MR) is 125 cm³/mol. The summed E-state index contributed by atoms with van der Waals surface area (Å²) in [5.41, 5.74) is 0.987. The zero-order chi connectivity index (χ0) is 23.4. The Bertz CT molecular complexity index is 922. The maximum atomic E-state index is 14.9. The highest BCUT2D eigenvalue weighted by Crippen LogP contribution is 2.49. The van der Waals surface area contributed by atoms with Crippen LogP contribution in [0.25, 0.3) is 10.8 Å². The molecule has 182 valence electrons. The van der Waals surface area contributed by atoms with Crippen LogP contribution in [-0.4, -0.2) is 6.36 Å². The summed E-state index contributed by atoms with van der Waals surface area (Å²) in [5, 5.41) is 0.807. The van der Waals surface area contributed by atoms with Crippen LogP contribution >= 0.6 is 0 Å². The third kappa shape index (κ3) is 6.42. The highest BCUT2D eigenvalue weighted by Gasteiger charge is 2.36. The lowest BCUT2D eigenvalue weighted by Gasteiger charge is -2.42. The molecule has 1 nitrogen and oxygen atoms in total. The van der Waals surface area contributed by atoms with Crippen molar-refractivity contribution in [2.75, 3.05) is 0 Å². The van der Waals surface area contributed by atoms with Crippen molar-refractivity contribution in [2.45, 2.75) is 96.3 Å². The molecule has 33 heavy (non-hydrogen) atoms. The van der Waals surface area contributed by atoms with Gasteiger partial charge in [-0.3, -0.25) is 0 Å². The minimum Gasteiger partial charge on any atom is -0.406 e. The largest absolute Gasteiger partial charge is 0.573 e. The van der Waals surface area contributed by atoms with Gasteiger partial charge in [0.1, 0.15) is 11.6 Å². The van der Waals surface area contributed by atoms with E-state index < -0.39 is 12.2 Å². The van der Waals surface area contributed by atoms with Crippen LogP contribution in [0.1, 0.15) is 95.5 Å². The lowest BCUT2D eigenvalue weighted by Crippen LogP contribution is -2.30. The van der Waals surface area contributed by atoms with E-state index in [-0.39, 0.29) is 11.1 Å². The molecule has 0 heterocycles. The van der Waals surface area contributed by atoms with Crippen molar-refractivity contribution in [3.05, 3.63) is 41.7 Å². The summed E-state index contributed by atoms with van der Waals surface area (Å²) >= 11 is 0. The number of benzene rings is 2. The van der Waals surface area contributed by atoms with Crippen molar-refractivity contribution in [2.24, 2.45) is 17.8 Å². The monoisotopic (exact) mass is 464 g/mol. The first-order valence-corrected chi connectivity index (χ1v) is 12.8. The van der Waals surface area contributed by atoms with Crippen molar-refractivity contribution in [1.82, 2.24) is 0 Å². The van der Waals surface area contributed by atoms with Gasteiger partial charge in [0.15, 0.2) is 0 Å². The van der Waals surface area contributed by atoms with E-state index in [4.69, 9.17) is 0 Å². The van der Waals surface area contributed by atoms with E-state index in [1.807, 2.05) is 6.07 Å². The zero-order valence-electron chi connectivity index (χ0n) is 19.6. The lowest BCUT2D eigenvalue weighted by molar-refractivity contribution is -0.274. The second kappa shape index (κ2) is 10.7. The number of hydrogen-bond acceptors (Lipinski definition) is 1. The Balaban J connectivity index is 1.36. The molecule has 2 aliphatic carbocycles.